The number of hydrogen-bond donors (Lipinski definition) is 1. The SMILES string of the molecule is Cc1oncc1C(=O)Nc1ccccc1Oc1ccccc1. The molecule has 1 amide bonds. The van der Waals surface area contributed by atoms with Gasteiger partial charge < -0.3 is 14.6 Å². The highest BCUT2D eigenvalue weighted by Gasteiger charge is 2.15. The van der Waals surface area contributed by atoms with Crippen molar-refractivity contribution >= 4 is 11.6 Å². The van der Waals surface area contributed by atoms with Gasteiger partial charge >= 0.3 is 0 Å². The number of amides is 1. The molecule has 0 spiro atoms. The molecule has 1 aromatic heterocycles. The third-order valence-electron chi connectivity index (χ3n) is 3.10. The van der Waals surface area contributed by atoms with E-state index in [4.69, 9.17) is 9.26 Å². The van der Waals surface area contributed by atoms with E-state index < -0.39 is 0 Å². The number of benzene rings is 2. The number of carbonyl (C=O) groups is 1. The van der Waals surface area contributed by atoms with Crippen LogP contribution in [0.3, 0.4) is 0 Å². The standard InChI is InChI=1S/C17H14N2O3/c1-12-14(11-18-22-12)17(20)19-15-9-5-6-10-16(15)21-13-7-3-2-4-8-13/h2-11H,1H3,(H,19,20). The second-order valence-corrected chi connectivity index (χ2v) is 4.66. The van der Waals surface area contributed by atoms with Crippen molar-refractivity contribution < 1.29 is 14.1 Å². The van der Waals surface area contributed by atoms with Gasteiger partial charge in [-0.05, 0) is 31.2 Å². The summed E-state index contributed by atoms with van der Waals surface area (Å²) in [6.07, 6.45) is 1.39. The second-order valence-electron chi connectivity index (χ2n) is 4.66. The number of aryl methyl sites for hydroxylation is 1. The zero-order valence-electron chi connectivity index (χ0n) is 11.9. The highest BCUT2D eigenvalue weighted by Crippen LogP contribution is 2.29. The molecule has 0 aliphatic carbocycles. The Morgan fingerprint density at radius 3 is 2.55 bits per heavy atom. The zero-order chi connectivity index (χ0) is 15.4. The highest BCUT2D eigenvalue weighted by atomic mass is 16.5. The number of rotatable bonds is 4. The monoisotopic (exact) mass is 294 g/mol. The fraction of sp³-hybridized carbons (Fsp3) is 0.0588. The lowest BCUT2D eigenvalue weighted by atomic mass is 10.2. The topological polar surface area (TPSA) is 64.4 Å². The van der Waals surface area contributed by atoms with Gasteiger partial charge in [0.2, 0.25) is 0 Å². The minimum absolute atomic E-state index is 0.289. The highest BCUT2D eigenvalue weighted by molar-refractivity contribution is 6.05. The molecule has 110 valence electrons. The Morgan fingerprint density at radius 2 is 1.82 bits per heavy atom. The van der Waals surface area contributed by atoms with Crippen molar-refractivity contribution in [1.29, 1.82) is 0 Å². The quantitative estimate of drug-likeness (QED) is 0.789. The number of nitrogens with one attached hydrogen (secondary N) is 1. The van der Waals surface area contributed by atoms with Crippen LogP contribution >= 0.6 is 0 Å². The minimum Gasteiger partial charge on any atom is -0.455 e. The summed E-state index contributed by atoms with van der Waals surface area (Å²) in [6.45, 7) is 1.69. The molecule has 0 atom stereocenters. The van der Waals surface area contributed by atoms with Gasteiger partial charge in [0.15, 0.2) is 5.75 Å². The maximum Gasteiger partial charge on any atom is 0.260 e. The molecule has 0 unspecified atom stereocenters. The van der Waals surface area contributed by atoms with Gasteiger partial charge in [0.1, 0.15) is 17.1 Å². The first-order valence-corrected chi connectivity index (χ1v) is 6.78. The predicted molar refractivity (Wildman–Crippen MR) is 82.2 cm³/mol. The lowest BCUT2D eigenvalue weighted by molar-refractivity contribution is 0.102. The van der Waals surface area contributed by atoms with E-state index in [1.165, 1.54) is 6.20 Å². The Morgan fingerprint density at radius 1 is 1.09 bits per heavy atom. The minimum atomic E-state index is -0.289. The van der Waals surface area contributed by atoms with E-state index in [-0.39, 0.29) is 5.91 Å². The van der Waals surface area contributed by atoms with Crippen LogP contribution in [-0.2, 0) is 0 Å². The summed E-state index contributed by atoms with van der Waals surface area (Å²) < 4.78 is 10.7. The van der Waals surface area contributed by atoms with Crippen LogP contribution in [0.5, 0.6) is 11.5 Å². The van der Waals surface area contributed by atoms with Crippen molar-refractivity contribution in [3.05, 3.63) is 72.1 Å². The van der Waals surface area contributed by atoms with Crippen LogP contribution < -0.4 is 10.1 Å². The Hall–Kier alpha value is -3.08. The summed E-state index contributed by atoms with van der Waals surface area (Å²) in [5, 5.41) is 6.42. The maximum absolute atomic E-state index is 12.2. The summed E-state index contributed by atoms with van der Waals surface area (Å²) >= 11 is 0. The van der Waals surface area contributed by atoms with E-state index in [9.17, 15) is 4.79 Å². The van der Waals surface area contributed by atoms with Crippen molar-refractivity contribution in [3.8, 4) is 11.5 Å². The van der Waals surface area contributed by atoms with Crippen molar-refractivity contribution in [2.24, 2.45) is 0 Å². The normalized spacial score (nSPS) is 10.2. The van der Waals surface area contributed by atoms with Gasteiger partial charge in [-0.15, -0.1) is 0 Å². The fourth-order valence-electron chi connectivity index (χ4n) is 1.98. The van der Waals surface area contributed by atoms with E-state index in [2.05, 4.69) is 10.5 Å². The van der Waals surface area contributed by atoms with Crippen LogP contribution in [-0.4, -0.2) is 11.1 Å². The van der Waals surface area contributed by atoms with E-state index in [0.717, 1.165) is 0 Å². The molecule has 2 aromatic carbocycles. The molecule has 0 fully saturated rings. The van der Waals surface area contributed by atoms with Crippen molar-refractivity contribution in [1.82, 2.24) is 5.16 Å². The molecule has 0 saturated carbocycles. The van der Waals surface area contributed by atoms with E-state index in [0.29, 0.717) is 28.5 Å². The summed E-state index contributed by atoms with van der Waals surface area (Å²) in [4.78, 5) is 12.2. The largest absolute Gasteiger partial charge is 0.455 e. The maximum atomic E-state index is 12.2. The zero-order valence-corrected chi connectivity index (χ0v) is 11.9. The molecule has 0 bridgehead atoms. The van der Waals surface area contributed by atoms with Gasteiger partial charge in [0.25, 0.3) is 5.91 Å². The molecule has 3 rings (SSSR count). The van der Waals surface area contributed by atoms with Crippen molar-refractivity contribution in [3.63, 3.8) is 0 Å². The fourth-order valence-corrected chi connectivity index (χ4v) is 1.98. The molecular formula is C17H14N2O3. The Bertz CT molecular complexity index is 781. The van der Waals surface area contributed by atoms with Gasteiger partial charge in [-0.2, -0.15) is 0 Å². The van der Waals surface area contributed by atoms with Crippen LogP contribution in [0.15, 0.2) is 65.3 Å². The summed E-state index contributed by atoms with van der Waals surface area (Å²) in [5.41, 5.74) is 0.978. The summed E-state index contributed by atoms with van der Waals surface area (Å²) in [6, 6.07) is 16.6. The van der Waals surface area contributed by atoms with Gasteiger partial charge in [0.05, 0.1) is 11.9 Å². The molecule has 0 radical (unpaired) electrons. The lowest BCUT2D eigenvalue weighted by Gasteiger charge is -2.11. The molecule has 1 heterocycles. The van der Waals surface area contributed by atoms with E-state index >= 15 is 0 Å². The van der Waals surface area contributed by atoms with Crippen LogP contribution in [0.2, 0.25) is 0 Å². The van der Waals surface area contributed by atoms with Crippen LogP contribution in [0.4, 0.5) is 5.69 Å². The van der Waals surface area contributed by atoms with Gasteiger partial charge in [0, 0.05) is 0 Å². The first-order valence-electron chi connectivity index (χ1n) is 6.78. The molecule has 0 aliphatic heterocycles. The van der Waals surface area contributed by atoms with Crippen molar-refractivity contribution in [2.45, 2.75) is 6.92 Å². The first-order chi connectivity index (χ1) is 10.7. The molecule has 1 N–H and O–H groups in total. The number of ether oxygens (including phenoxy) is 1. The van der Waals surface area contributed by atoms with Crippen LogP contribution in [0.25, 0.3) is 0 Å². The molecule has 5 nitrogen and oxygen atoms in total. The van der Waals surface area contributed by atoms with Crippen LogP contribution in [0.1, 0.15) is 16.1 Å². The Balaban J connectivity index is 1.83. The molecular weight excluding hydrogens is 280 g/mol. The van der Waals surface area contributed by atoms with Crippen LogP contribution in [0, 0.1) is 6.92 Å². The Labute approximate surface area is 127 Å². The molecule has 22 heavy (non-hydrogen) atoms. The lowest BCUT2D eigenvalue weighted by Crippen LogP contribution is -2.12. The molecule has 0 saturated heterocycles. The predicted octanol–water partition coefficient (Wildman–Crippen LogP) is 4.03. The van der Waals surface area contributed by atoms with E-state index in [1.807, 2.05) is 42.5 Å². The average Bonchev–Trinajstić information content (AvgIpc) is 2.96. The van der Waals surface area contributed by atoms with Gasteiger partial charge in [-0.25, -0.2) is 0 Å². The molecule has 0 aliphatic rings. The number of nitrogens with zero attached hydrogens (tertiary/aromatic N) is 1. The molecule has 3 aromatic rings. The number of anilines is 1. The van der Waals surface area contributed by atoms with Gasteiger partial charge in [-0.1, -0.05) is 35.5 Å². The second kappa shape index (κ2) is 6.13. The Kier molecular flexibility index (Phi) is 3.87. The number of hydrogen-bond acceptors (Lipinski definition) is 4. The third-order valence-corrected chi connectivity index (χ3v) is 3.10. The average molecular weight is 294 g/mol. The number of aromatic nitrogens is 1. The van der Waals surface area contributed by atoms with Crippen molar-refractivity contribution in [2.75, 3.05) is 5.32 Å². The van der Waals surface area contributed by atoms with E-state index in [1.54, 1.807) is 19.1 Å². The number of para-hydroxylation sites is 3. The summed E-state index contributed by atoms with van der Waals surface area (Å²) in [7, 11) is 0. The summed E-state index contributed by atoms with van der Waals surface area (Å²) in [5.74, 6) is 1.45. The number of carbonyl (C=O) groups excluding carboxylic acids is 1. The third kappa shape index (κ3) is 2.98. The smallest absolute Gasteiger partial charge is 0.260 e. The first kappa shape index (κ1) is 13.9. The van der Waals surface area contributed by atoms with Gasteiger partial charge in [-0.3, -0.25) is 4.79 Å². The molecule has 5 heteroatoms.